The number of rotatable bonds is 4. The highest BCUT2D eigenvalue weighted by atomic mass is 16.1. The van der Waals surface area contributed by atoms with E-state index in [1.54, 1.807) is 10.7 Å². The number of nitrogens with zero attached hydrogens (tertiary/aromatic N) is 2. The van der Waals surface area contributed by atoms with Crippen LogP contribution in [-0.2, 0) is 0 Å². The van der Waals surface area contributed by atoms with Gasteiger partial charge in [-0.05, 0) is 48.9 Å². The zero-order valence-electron chi connectivity index (χ0n) is 18.1. The molecule has 0 unspecified atom stereocenters. The fourth-order valence-electron chi connectivity index (χ4n) is 4.73. The van der Waals surface area contributed by atoms with Gasteiger partial charge in [0.05, 0.1) is 23.0 Å². The summed E-state index contributed by atoms with van der Waals surface area (Å²) in [6, 6.07) is 10.5. The molecule has 1 aliphatic rings. The summed E-state index contributed by atoms with van der Waals surface area (Å²) < 4.78 is 1.80. The summed E-state index contributed by atoms with van der Waals surface area (Å²) in [5.41, 5.74) is 16.9. The Kier molecular flexibility index (Phi) is 4.17. The van der Waals surface area contributed by atoms with E-state index in [1.807, 2.05) is 18.5 Å². The number of nitrogens with one attached hydrogen (secondary N) is 2. The van der Waals surface area contributed by atoms with Crippen LogP contribution < -0.4 is 16.8 Å². The molecule has 0 bridgehead atoms. The van der Waals surface area contributed by atoms with Crippen LogP contribution in [0.25, 0.3) is 27.5 Å². The molecular weight excluding hydrogens is 388 g/mol. The van der Waals surface area contributed by atoms with Gasteiger partial charge in [0.15, 0.2) is 0 Å². The van der Waals surface area contributed by atoms with E-state index in [-0.39, 0.29) is 17.0 Å². The Labute approximate surface area is 180 Å². The topological polar surface area (TPSA) is 114 Å². The summed E-state index contributed by atoms with van der Waals surface area (Å²) in [4.78, 5) is 15.5. The highest BCUT2D eigenvalue weighted by Crippen LogP contribution is 2.46. The largest absolute Gasteiger partial charge is 0.379 e. The number of benzene rings is 1. The molecule has 0 spiro atoms. The van der Waals surface area contributed by atoms with Crippen LogP contribution in [0.5, 0.6) is 0 Å². The first kappa shape index (κ1) is 19.6. The van der Waals surface area contributed by atoms with Crippen molar-refractivity contribution in [1.29, 1.82) is 0 Å². The molecule has 7 heteroatoms. The SMILES string of the molecule is CC1(C)[C@H](Nc2c(C(N)=O)cnn3cc(-c4ccc5cc[nH]c5c4)cc23)CC[C@]1(C)N. The first-order valence-corrected chi connectivity index (χ1v) is 10.6. The number of aromatic amines is 1. The number of hydrogen-bond donors (Lipinski definition) is 4. The molecule has 1 amide bonds. The number of H-pyrrole nitrogens is 1. The van der Waals surface area contributed by atoms with Crippen LogP contribution in [0, 0.1) is 5.41 Å². The molecule has 0 radical (unpaired) electrons. The second-order valence-corrected chi connectivity index (χ2v) is 9.51. The number of primary amides is 1. The van der Waals surface area contributed by atoms with E-state index in [0.717, 1.165) is 40.4 Å². The summed E-state index contributed by atoms with van der Waals surface area (Å²) >= 11 is 0. The minimum Gasteiger partial charge on any atom is -0.379 e. The van der Waals surface area contributed by atoms with Crippen LogP contribution in [0.4, 0.5) is 5.69 Å². The number of anilines is 1. The molecule has 0 aliphatic heterocycles. The number of hydrogen-bond acceptors (Lipinski definition) is 4. The van der Waals surface area contributed by atoms with Gasteiger partial charge in [-0.3, -0.25) is 4.79 Å². The highest BCUT2D eigenvalue weighted by molar-refractivity contribution is 6.02. The van der Waals surface area contributed by atoms with Crippen LogP contribution in [0.15, 0.2) is 48.9 Å². The maximum absolute atomic E-state index is 12.2. The van der Waals surface area contributed by atoms with Crippen molar-refractivity contribution in [3.8, 4) is 11.1 Å². The van der Waals surface area contributed by atoms with Gasteiger partial charge >= 0.3 is 0 Å². The van der Waals surface area contributed by atoms with E-state index in [4.69, 9.17) is 11.5 Å². The Balaban J connectivity index is 1.62. The van der Waals surface area contributed by atoms with Crippen molar-refractivity contribution in [3.05, 3.63) is 54.5 Å². The molecular formula is C24H28N6O. The lowest BCUT2D eigenvalue weighted by Gasteiger charge is -2.39. The van der Waals surface area contributed by atoms with Gasteiger partial charge in [0.1, 0.15) is 0 Å². The second kappa shape index (κ2) is 6.59. The Morgan fingerprint density at radius 2 is 2.03 bits per heavy atom. The summed E-state index contributed by atoms with van der Waals surface area (Å²) in [5.74, 6) is -0.501. The van der Waals surface area contributed by atoms with E-state index in [2.05, 4.69) is 60.4 Å². The third-order valence-corrected chi connectivity index (χ3v) is 7.40. The van der Waals surface area contributed by atoms with E-state index in [0.29, 0.717) is 11.3 Å². The Morgan fingerprint density at radius 3 is 2.74 bits per heavy atom. The minimum absolute atomic E-state index is 0.111. The number of amides is 1. The predicted molar refractivity (Wildman–Crippen MR) is 124 cm³/mol. The zero-order valence-corrected chi connectivity index (χ0v) is 18.1. The molecule has 31 heavy (non-hydrogen) atoms. The first-order chi connectivity index (χ1) is 14.7. The standard InChI is InChI=1S/C24H28N6O/c1-23(2)20(6-8-24(23,3)26)29-21-17(22(25)31)12-28-30-13-16(11-19(21)30)15-5-4-14-7-9-27-18(14)10-15/h4-5,7,9-13,20,27,29H,6,8,26H2,1-3H3,(H2,25,31)/t20-,24+/m1/s1. The van der Waals surface area contributed by atoms with Crippen LogP contribution in [0.1, 0.15) is 44.0 Å². The summed E-state index contributed by atoms with van der Waals surface area (Å²) in [6.07, 6.45) is 7.28. The number of fused-ring (bicyclic) bond motifs is 2. The van der Waals surface area contributed by atoms with Gasteiger partial charge in [0.25, 0.3) is 5.91 Å². The fraction of sp³-hybridized carbons (Fsp3) is 0.333. The van der Waals surface area contributed by atoms with Crippen LogP contribution in [0.3, 0.4) is 0 Å². The monoisotopic (exact) mass is 416 g/mol. The van der Waals surface area contributed by atoms with Crippen molar-refractivity contribution < 1.29 is 4.79 Å². The molecule has 0 saturated heterocycles. The lowest BCUT2D eigenvalue weighted by molar-refractivity contribution is 0.100. The molecule has 160 valence electrons. The molecule has 3 aromatic heterocycles. The van der Waals surface area contributed by atoms with Crippen molar-refractivity contribution in [2.24, 2.45) is 16.9 Å². The molecule has 6 N–H and O–H groups in total. The van der Waals surface area contributed by atoms with Crippen molar-refractivity contribution in [1.82, 2.24) is 14.6 Å². The van der Waals surface area contributed by atoms with Gasteiger partial charge in [-0.2, -0.15) is 5.10 Å². The quantitative estimate of drug-likeness (QED) is 0.404. The Hall–Kier alpha value is -3.32. The van der Waals surface area contributed by atoms with Crippen LogP contribution in [0.2, 0.25) is 0 Å². The summed E-state index contributed by atoms with van der Waals surface area (Å²) in [5, 5.41) is 9.23. The maximum Gasteiger partial charge on any atom is 0.252 e. The van der Waals surface area contributed by atoms with Gasteiger partial charge in [-0.1, -0.05) is 26.0 Å². The van der Waals surface area contributed by atoms with Crippen molar-refractivity contribution in [3.63, 3.8) is 0 Å². The summed E-state index contributed by atoms with van der Waals surface area (Å²) in [6.45, 7) is 6.45. The van der Waals surface area contributed by atoms with E-state index < -0.39 is 5.91 Å². The van der Waals surface area contributed by atoms with E-state index >= 15 is 0 Å². The molecule has 1 fully saturated rings. The van der Waals surface area contributed by atoms with Gasteiger partial charge in [0, 0.05) is 40.5 Å². The number of nitrogens with two attached hydrogens (primary N) is 2. The van der Waals surface area contributed by atoms with Crippen molar-refractivity contribution in [2.45, 2.75) is 45.2 Å². The third kappa shape index (κ3) is 2.99. The van der Waals surface area contributed by atoms with E-state index in [1.165, 1.54) is 0 Å². The first-order valence-electron chi connectivity index (χ1n) is 10.6. The Morgan fingerprint density at radius 1 is 1.23 bits per heavy atom. The molecule has 3 heterocycles. The fourth-order valence-corrected chi connectivity index (χ4v) is 4.73. The van der Waals surface area contributed by atoms with Gasteiger partial charge in [-0.25, -0.2) is 4.52 Å². The lowest BCUT2D eigenvalue weighted by Crippen LogP contribution is -2.51. The second-order valence-electron chi connectivity index (χ2n) is 9.51. The Bertz CT molecular complexity index is 1310. The molecule has 1 aliphatic carbocycles. The van der Waals surface area contributed by atoms with E-state index in [9.17, 15) is 4.79 Å². The van der Waals surface area contributed by atoms with Gasteiger partial charge in [-0.15, -0.1) is 0 Å². The maximum atomic E-state index is 12.2. The number of carbonyl (C=O) groups excluding carboxylic acids is 1. The van der Waals surface area contributed by atoms with Crippen LogP contribution >= 0.6 is 0 Å². The zero-order chi connectivity index (χ0) is 22.0. The molecule has 2 atom stereocenters. The van der Waals surface area contributed by atoms with Crippen LogP contribution in [-0.4, -0.2) is 32.1 Å². The van der Waals surface area contributed by atoms with Gasteiger partial charge < -0.3 is 21.8 Å². The third-order valence-electron chi connectivity index (χ3n) is 7.40. The average molecular weight is 417 g/mol. The lowest BCUT2D eigenvalue weighted by atomic mass is 9.75. The molecule has 1 aromatic carbocycles. The van der Waals surface area contributed by atoms with Gasteiger partial charge in [0.2, 0.25) is 0 Å². The molecule has 5 rings (SSSR count). The molecule has 4 aromatic rings. The minimum atomic E-state index is -0.501. The normalized spacial score (nSPS) is 22.9. The number of aromatic nitrogens is 3. The van der Waals surface area contributed by atoms with Crippen molar-refractivity contribution in [2.75, 3.05) is 5.32 Å². The smallest absolute Gasteiger partial charge is 0.252 e. The summed E-state index contributed by atoms with van der Waals surface area (Å²) in [7, 11) is 0. The average Bonchev–Trinajstić information content (AvgIpc) is 3.40. The molecule has 7 nitrogen and oxygen atoms in total. The van der Waals surface area contributed by atoms with Crippen molar-refractivity contribution >= 4 is 28.0 Å². The highest BCUT2D eigenvalue weighted by Gasteiger charge is 2.49. The number of carbonyl (C=O) groups is 1. The predicted octanol–water partition coefficient (Wildman–Crippen LogP) is 3.90. The molecule has 1 saturated carbocycles.